The molecule has 2 N–H and O–H groups in total. The fourth-order valence-corrected chi connectivity index (χ4v) is 2.97. The quantitative estimate of drug-likeness (QED) is 0.589. The van der Waals surface area contributed by atoms with E-state index in [1.54, 1.807) is 0 Å². The minimum absolute atomic E-state index is 0.0345. The number of hydrogen-bond donors (Lipinski definition) is 2. The molecule has 0 radical (unpaired) electrons. The van der Waals surface area contributed by atoms with E-state index >= 15 is 0 Å². The second kappa shape index (κ2) is 5.28. The maximum atomic E-state index is 11.4. The third-order valence-corrected chi connectivity index (χ3v) is 8.28. The number of carbonyl (C=O) groups excluding carboxylic acids is 1. The predicted molar refractivity (Wildman–Crippen MR) is 69.4 cm³/mol. The summed E-state index contributed by atoms with van der Waals surface area (Å²) >= 11 is 0. The predicted octanol–water partition coefficient (Wildman–Crippen LogP) is 1.39. The molecule has 1 saturated heterocycles. The molecule has 0 aromatic carbocycles. The first-order valence-electron chi connectivity index (χ1n) is 6.26. The summed E-state index contributed by atoms with van der Waals surface area (Å²) in [5.41, 5.74) is 0. The van der Waals surface area contributed by atoms with Crippen molar-refractivity contribution in [3.63, 3.8) is 0 Å². The van der Waals surface area contributed by atoms with Crippen LogP contribution in [0.5, 0.6) is 0 Å². The van der Waals surface area contributed by atoms with Crippen LogP contribution >= 0.6 is 0 Å². The summed E-state index contributed by atoms with van der Waals surface area (Å²) in [5, 5.41) is 19.1. The van der Waals surface area contributed by atoms with Gasteiger partial charge in [0, 0.05) is 6.42 Å². The number of aliphatic hydroxyl groups excluding tert-OH is 2. The van der Waals surface area contributed by atoms with Gasteiger partial charge in [0.1, 0.15) is 6.10 Å². The van der Waals surface area contributed by atoms with Gasteiger partial charge in [-0.1, -0.05) is 20.8 Å². The molecule has 5 nitrogen and oxygen atoms in total. The van der Waals surface area contributed by atoms with Crippen molar-refractivity contribution < 1.29 is 24.2 Å². The molecule has 1 aliphatic rings. The molecule has 0 saturated carbocycles. The normalized spacial score (nSPS) is 30.8. The summed E-state index contributed by atoms with van der Waals surface area (Å²) in [6.07, 6.45) is -2.60. The lowest BCUT2D eigenvalue weighted by Gasteiger charge is -2.39. The Labute approximate surface area is 109 Å². The molecule has 0 aromatic rings. The Hall–Kier alpha value is -0.433. The summed E-state index contributed by atoms with van der Waals surface area (Å²) in [7, 11) is -2.00. The molecule has 0 aromatic heterocycles. The fraction of sp³-hybridized carbons (Fsp3) is 0.917. The van der Waals surface area contributed by atoms with Crippen LogP contribution in [0.25, 0.3) is 0 Å². The highest BCUT2D eigenvalue weighted by atomic mass is 28.4. The van der Waals surface area contributed by atoms with Crippen LogP contribution in [0.15, 0.2) is 0 Å². The van der Waals surface area contributed by atoms with Gasteiger partial charge in [0.15, 0.2) is 8.32 Å². The SMILES string of the molecule is CC(C)(C)[Si](C)(C)O[C@H]1CC(=O)OC(O)[C@@H](O)C1. The van der Waals surface area contributed by atoms with Crippen LogP contribution in [0.4, 0.5) is 0 Å². The van der Waals surface area contributed by atoms with Crippen molar-refractivity contribution >= 4 is 14.3 Å². The molecule has 1 unspecified atom stereocenters. The van der Waals surface area contributed by atoms with Crippen LogP contribution in [-0.4, -0.2) is 43.0 Å². The minimum Gasteiger partial charge on any atom is -0.433 e. The standard InChI is InChI=1S/C12H24O5Si/c1-12(2,3)18(4,5)17-8-6-9(13)11(15)16-10(14)7-8/h8-9,11,13,15H,6-7H2,1-5H3/t8-,9+,11?/m1/s1. The fourth-order valence-electron chi connectivity index (χ4n) is 1.60. The zero-order chi connectivity index (χ0) is 14.1. The number of hydrogen-bond acceptors (Lipinski definition) is 5. The molecule has 6 heteroatoms. The summed E-state index contributed by atoms with van der Waals surface area (Å²) in [4.78, 5) is 11.4. The van der Waals surface area contributed by atoms with Crippen LogP contribution in [0.2, 0.25) is 18.1 Å². The van der Waals surface area contributed by atoms with Crippen LogP contribution in [-0.2, 0) is 14.0 Å². The molecule has 0 spiro atoms. The number of ether oxygens (including phenoxy) is 1. The highest BCUT2D eigenvalue weighted by Crippen LogP contribution is 2.38. The van der Waals surface area contributed by atoms with Gasteiger partial charge in [-0.25, -0.2) is 0 Å². The van der Waals surface area contributed by atoms with E-state index in [1.165, 1.54) is 0 Å². The number of esters is 1. The topological polar surface area (TPSA) is 76.0 Å². The molecule has 18 heavy (non-hydrogen) atoms. The number of rotatable bonds is 2. The van der Waals surface area contributed by atoms with Crippen molar-refractivity contribution in [3.8, 4) is 0 Å². The smallest absolute Gasteiger partial charge is 0.310 e. The van der Waals surface area contributed by atoms with Crippen LogP contribution in [0.1, 0.15) is 33.6 Å². The number of cyclic esters (lactones) is 1. The van der Waals surface area contributed by atoms with E-state index in [9.17, 15) is 15.0 Å². The van der Waals surface area contributed by atoms with Crippen molar-refractivity contribution in [1.82, 2.24) is 0 Å². The number of carbonyl (C=O) groups is 1. The third-order valence-electron chi connectivity index (χ3n) is 3.75. The molecule has 1 fully saturated rings. The average molecular weight is 276 g/mol. The first-order valence-corrected chi connectivity index (χ1v) is 9.17. The van der Waals surface area contributed by atoms with Crippen molar-refractivity contribution in [1.29, 1.82) is 0 Å². The molecule has 1 aliphatic heterocycles. The van der Waals surface area contributed by atoms with Crippen molar-refractivity contribution in [2.24, 2.45) is 0 Å². The Kier molecular flexibility index (Phi) is 4.59. The largest absolute Gasteiger partial charge is 0.433 e. The summed E-state index contributed by atoms with van der Waals surface area (Å²) in [5.74, 6) is -0.525. The zero-order valence-electron chi connectivity index (χ0n) is 11.8. The Morgan fingerprint density at radius 1 is 1.33 bits per heavy atom. The van der Waals surface area contributed by atoms with E-state index in [1.807, 2.05) is 0 Å². The van der Waals surface area contributed by atoms with E-state index in [-0.39, 0.29) is 24.0 Å². The second-order valence-electron chi connectivity index (χ2n) is 6.39. The number of aliphatic hydroxyl groups is 2. The molecular formula is C12H24O5Si. The Balaban J connectivity index is 2.75. The Bertz CT molecular complexity index is 310. The van der Waals surface area contributed by atoms with E-state index in [2.05, 4.69) is 38.6 Å². The highest BCUT2D eigenvalue weighted by Gasteiger charge is 2.41. The van der Waals surface area contributed by atoms with Crippen molar-refractivity contribution in [2.75, 3.05) is 0 Å². The maximum absolute atomic E-state index is 11.4. The minimum atomic E-state index is -2.00. The van der Waals surface area contributed by atoms with Crippen molar-refractivity contribution in [2.45, 2.75) is 70.2 Å². The van der Waals surface area contributed by atoms with Crippen LogP contribution in [0, 0.1) is 0 Å². The molecule has 3 atom stereocenters. The lowest BCUT2D eigenvalue weighted by molar-refractivity contribution is -0.181. The summed E-state index contributed by atoms with van der Waals surface area (Å²) < 4.78 is 10.7. The van der Waals surface area contributed by atoms with Gasteiger partial charge in [-0.3, -0.25) is 4.79 Å². The summed E-state index contributed by atoms with van der Waals surface area (Å²) in [6.45, 7) is 10.5. The van der Waals surface area contributed by atoms with Gasteiger partial charge >= 0.3 is 5.97 Å². The van der Waals surface area contributed by atoms with Gasteiger partial charge in [0.2, 0.25) is 6.29 Å². The van der Waals surface area contributed by atoms with Gasteiger partial charge in [-0.15, -0.1) is 0 Å². The maximum Gasteiger partial charge on any atom is 0.310 e. The lowest BCUT2D eigenvalue weighted by atomic mass is 10.1. The second-order valence-corrected chi connectivity index (χ2v) is 11.1. The van der Waals surface area contributed by atoms with E-state index in [4.69, 9.17) is 4.43 Å². The summed E-state index contributed by atoms with van der Waals surface area (Å²) in [6, 6.07) is 0. The molecule has 106 valence electrons. The first-order chi connectivity index (χ1) is 8.03. The van der Waals surface area contributed by atoms with Gasteiger partial charge in [0.05, 0.1) is 12.5 Å². The van der Waals surface area contributed by atoms with Gasteiger partial charge in [-0.05, 0) is 18.1 Å². The molecule has 0 aliphatic carbocycles. The molecule has 1 heterocycles. The zero-order valence-corrected chi connectivity index (χ0v) is 12.8. The van der Waals surface area contributed by atoms with Crippen LogP contribution < -0.4 is 0 Å². The molecule has 0 bridgehead atoms. The monoisotopic (exact) mass is 276 g/mol. The Morgan fingerprint density at radius 2 is 1.89 bits per heavy atom. The van der Waals surface area contributed by atoms with E-state index in [0.29, 0.717) is 0 Å². The van der Waals surface area contributed by atoms with Gasteiger partial charge < -0.3 is 19.4 Å². The third kappa shape index (κ3) is 3.78. The van der Waals surface area contributed by atoms with E-state index < -0.39 is 26.7 Å². The Morgan fingerprint density at radius 3 is 2.39 bits per heavy atom. The van der Waals surface area contributed by atoms with Gasteiger partial charge in [-0.2, -0.15) is 0 Å². The molecular weight excluding hydrogens is 252 g/mol. The van der Waals surface area contributed by atoms with Crippen molar-refractivity contribution in [3.05, 3.63) is 0 Å². The van der Waals surface area contributed by atoms with Crippen LogP contribution in [0.3, 0.4) is 0 Å². The molecule has 0 amide bonds. The van der Waals surface area contributed by atoms with E-state index in [0.717, 1.165) is 0 Å². The first kappa shape index (κ1) is 15.6. The highest BCUT2D eigenvalue weighted by molar-refractivity contribution is 6.74. The lowest BCUT2D eigenvalue weighted by Crippen LogP contribution is -2.45. The van der Waals surface area contributed by atoms with Gasteiger partial charge in [0.25, 0.3) is 0 Å². The average Bonchev–Trinajstić information content (AvgIpc) is 2.23. The molecule has 1 rings (SSSR count).